The molecule has 8 nitrogen and oxygen atoms in total. The zero-order chi connectivity index (χ0) is 22.8. The van der Waals surface area contributed by atoms with Gasteiger partial charge in [-0.2, -0.15) is 17.4 Å². The first-order valence-electron chi connectivity index (χ1n) is 9.45. The summed E-state index contributed by atoms with van der Waals surface area (Å²) in [6.07, 6.45) is 0.216. The van der Waals surface area contributed by atoms with Crippen LogP contribution in [0.5, 0.6) is 5.06 Å². The van der Waals surface area contributed by atoms with Gasteiger partial charge < -0.3 is 15.0 Å². The Labute approximate surface area is 190 Å². The van der Waals surface area contributed by atoms with Crippen LogP contribution in [0.4, 0.5) is 10.1 Å². The minimum atomic E-state index is -3.88. The monoisotopic (exact) mass is 490 g/mol. The lowest BCUT2D eigenvalue weighted by atomic mass is 10.1. The fourth-order valence-electron chi connectivity index (χ4n) is 3.02. The minimum absolute atomic E-state index is 0.137. The average molecular weight is 491 g/mol. The molecule has 2 heterocycles. The van der Waals surface area contributed by atoms with Crippen molar-refractivity contribution in [2.24, 2.45) is 0 Å². The van der Waals surface area contributed by atoms with E-state index in [-0.39, 0.29) is 17.1 Å². The van der Waals surface area contributed by atoms with Crippen molar-refractivity contribution in [1.29, 1.82) is 0 Å². The molecule has 1 aromatic heterocycles. The van der Waals surface area contributed by atoms with Gasteiger partial charge in [-0.3, -0.25) is 4.79 Å². The first kappa shape index (κ1) is 23.9. The Kier molecular flexibility index (Phi) is 7.55. The number of rotatable bonds is 7. The maximum atomic E-state index is 13.4. The third-order valence-corrected chi connectivity index (χ3v) is 7.78. The van der Waals surface area contributed by atoms with Crippen LogP contribution in [0.15, 0.2) is 30.3 Å². The van der Waals surface area contributed by atoms with Crippen LogP contribution in [0.1, 0.15) is 17.3 Å². The van der Waals surface area contributed by atoms with E-state index in [0.717, 1.165) is 21.8 Å². The van der Waals surface area contributed by atoms with Crippen LogP contribution in [0, 0.1) is 5.82 Å². The second-order valence-electron chi connectivity index (χ2n) is 7.37. The highest BCUT2D eigenvalue weighted by Crippen LogP contribution is 2.35. The molecular formula is C19H24ClFN4O4S2. The molecule has 1 amide bonds. The molecule has 2 unspecified atom stereocenters. The van der Waals surface area contributed by atoms with Gasteiger partial charge in [-0.15, -0.1) is 11.3 Å². The van der Waals surface area contributed by atoms with Crippen LogP contribution in [0.2, 0.25) is 5.02 Å². The quantitative estimate of drug-likeness (QED) is 0.622. The number of likely N-dealkylation sites (N-methyl/N-ethyl adjacent to an activating group) is 2. The number of carbonyl (C=O) groups is 1. The highest BCUT2D eigenvalue weighted by molar-refractivity contribution is 7.87. The van der Waals surface area contributed by atoms with Gasteiger partial charge in [0.05, 0.1) is 11.1 Å². The second kappa shape index (κ2) is 9.80. The summed E-state index contributed by atoms with van der Waals surface area (Å²) in [5.41, 5.74) is 0.282. The normalized spacial score (nSPS) is 21.2. The molecule has 170 valence electrons. The maximum Gasteiger partial charge on any atom is 0.280 e. The van der Waals surface area contributed by atoms with Gasteiger partial charge in [0.2, 0.25) is 5.91 Å². The van der Waals surface area contributed by atoms with E-state index in [0.29, 0.717) is 11.7 Å². The van der Waals surface area contributed by atoms with Crippen molar-refractivity contribution in [1.82, 2.24) is 13.9 Å². The van der Waals surface area contributed by atoms with Crippen molar-refractivity contribution in [2.75, 3.05) is 39.6 Å². The van der Waals surface area contributed by atoms with Crippen molar-refractivity contribution in [3.8, 4) is 5.06 Å². The summed E-state index contributed by atoms with van der Waals surface area (Å²) in [7, 11) is 1.35. The molecular weight excluding hydrogens is 467 g/mol. The van der Waals surface area contributed by atoms with E-state index in [9.17, 15) is 17.6 Å². The Hall–Kier alpha value is -1.76. The Bertz CT molecular complexity index is 1050. The zero-order valence-electron chi connectivity index (χ0n) is 17.3. The highest BCUT2D eigenvalue weighted by atomic mass is 35.5. The largest absolute Gasteiger partial charge is 0.483 e. The number of anilines is 1. The zero-order valence-corrected chi connectivity index (χ0v) is 19.7. The van der Waals surface area contributed by atoms with E-state index in [4.69, 9.17) is 16.3 Å². The fourth-order valence-corrected chi connectivity index (χ4v) is 5.49. The van der Waals surface area contributed by atoms with Crippen molar-refractivity contribution in [2.45, 2.75) is 18.5 Å². The Morgan fingerprint density at radius 1 is 1.39 bits per heavy atom. The van der Waals surface area contributed by atoms with Gasteiger partial charge in [0.15, 0.2) is 5.06 Å². The van der Waals surface area contributed by atoms with Crippen molar-refractivity contribution in [3.05, 3.63) is 46.0 Å². The third-order valence-electron chi connectivity index (χ3n) is 4.79. The number of carbonyl (C=O) groups excluding carboxylic acids is 1. The van der Waals surface area contributed by atoms with Crippen LogP contribution in [-0.2, 0) is 15.0 Å². The lowest BCUT2D eigenvalue weighted by molar-refractivity contribution is -0.120. The number of hydrogen-bond acceptors (Lipinski definition) is 6. The first-order valence-corrected chi connectivity index (χ1v) is 12.1. The van der Waals surface area contributed by atoms with Crippen LogP contribution < -0.4 is 14.8 Å². The number of halogens is 2. The number of ether oxygens (including phenoxy) is 1. The molecule has 1 fully saturated rings. The summed E-state index contributed by atoms with van der Waals surface area (Å²) in [6, 6.07) is 5.82. The van der Waals surface area contributed by atoms with E-state index in [1.54, 1.807) is 12.1 Å². The molecule has 0 aliphatic carbocycles. The standard InChI is InChI=1S/C19H24ClFN4O4S2/c1-24(2)8-9-29-18-7-6-17(30-18)15-11-16(25(3)31(27,28)23-15)19(26)22-12-4-5-14(21)13(20)10-12/h4-7,10,15-16,23H,8-9,11H2,1-3H3,(H,22,26). The van der Waals surface area contributed by atoms with E-state index in [1.807, 2.05) is 19.0 Å². The highest BCUT2D eigenvalue weighted by Gasteiger charge is 2.41. The number of nitrogens with zero attached hydrogens (tertiary/aromatic N) is 2. The van der Waals surface area contributed by atoms with Gasteiger partial charge in [0, 0.05) is 24.2 Å². The predicted molar refractivity (Wildman–Crippen MR) is 119 cm³/mol. The molecule has 2 atom stereocenters. The topological polar surface area (TPSA) is 91.0 Å². The van der Waals surface area contributed by atoms with Crippen LogP contribution in [0.3, 0.4) is 0 Å². The molecule has 1 saturated heterocycles. The molecule has 3 rings (SSSR count). The number of thiophene rings is 1. The van der Waals surface area contributed by atoms with Crippen LogP contribution in [-0.4, -0.2) is 63.9 Å². The van der Waals surface area contributed by atoms with Gasteiger partial charge in [0.1, 0.15) is 18.5 Å². The summed E-state index contributed by atoms with van der Waals surface area (Å²) in [6.45, 7) is 1.26. The maximum absolute atomic E-state index is 13.4. The molecule has 1 aliphatic rings. The van der Waals surface area contributed by atoms with Gasteiger partial charge in [-0.1, -0.05) is 11.6 Å². The Balaban J connectivity index is 1.73. The van der Waals surface area contributed by atoms with E-state index < -0.39 is 34.0 Å². The lowest BCUT2D eigenvalue weighted by Crippen LogP contribution is -2.55. The SMILES string of the molecule is CN(C)CCOc1ccc(C2CC(C(=O)Nc3ccc(F)c(Cl)c3)N(C)S(=O)(=O)N2)s1. The summed E-state index contributed by atoms with van der Waals surface area (Å²) in [4.78, 5) is 15.6. The summed E-state index contributed by atoms with van der Waals surface area (Å²) in [5, 5.41) is 3.15. The molecule has 0 saturated carbocycles. The van der Waals surface area contributed by atoms with Gasteiger partial charge in [-0.05, 0) is 50.8 Å². The Morgan fingerprint density at radius 3 is 2.81 bits per heavy atom. The van der Waals surface area contributed by atoms with E-state index >= 15 is 0 Å². The van der Waals surface area contributed by atoms with Crippen molar-refractivity contribution < 1.29 is 22.3 Å². The smallest absolute Gasteiger partial charge is 0.280 e. The van der Waals surface area contributed by atoms with Gasteiger partial charge in [-0.25, -0.2) is 4.39 Å². The molecule has 2 aromatic rings. The van der Waals surface area contributed by atoms with E-state index in [1.165, 1.54) is 30.5 Å². The lowest BCUT2D eigenvalue weighted by Gasteiger charge is -2.35. The molecule has 1 aromatic carbocycles. The summed E-state index contributed by atoms with van der Waals surface area (Å²) < 4.78 is 47.9. The van der Waals surface area contributed by atoms with Crippen LogP contribution >= 0.6 is 22.9 Å². The summed E-state index contributed by atoms with van der Waals surface area (Å²) in [5.74, 6) is -1.14. The van der Waals surface area contributed by atoms with Gasteiger partial charge >= 0.3 is 0 Å². The first-order chi connectivity index (χ1) is 14.6. The van der Waals surface area contributed by atoms with Gasteiger partial charge in [0.25, 0.3) is 10.2 Å². The second-order valence-corrected chi connectivity index (χ2v) is 10.6. The minimum Gasteiger partial charge on any atom is -0.483 e. The molecule has 2 N–H and O–H groups in total. The number of hydrogen-bond donors (Lipinski definition) is 2. The fraction of sp³-hybridized carbons (Fsp3) is 0.421. The number of amides is 1. The van der Waals surface area contributed by atoms with Crippen molar-refractivity contribution >= 4 is 44.7 Å². The molecule has 1 aliphatic heterocycles. The summed E-state index contributed by atoms with van der Waals surface area (Å²) >= 11 is 7.10. The number of nitrogens with one attached hydrogen (secondary N) is 2. The predicted octanol–water partition coefficient (Wildman–Crippen LogP) is 2.70. The molecule has 12 heteroatoms. The molecule has 0 bridgehead atoms. The van der Waals surface area contributed by atoms with Crippen LogP contribution in [0.25, 0.3) is 0 Å². The molecule has 31 heavy (non-hydrogen) atoms. The number of benzene rings is 1. The van der Waals surface area contributed by atoms with E-state index in [2.05, 4.69) is 10.0 Å². The van der Waals surface area contributed by atoms with Crippen molar-refractivity contribution in [3.63, 3.8) is 0 Å². The molecule has 0 spiro atoms. The molecule has 0 radical (unpaired) electrons. The third kappa shape index (κ3) is 5.93. The average Bonchev–Trinajstić information content (AvgIpc) is 3.15. The Morgan fingerprint density at radius 2 is 2.13 bits per heavy atom.